The Morgan fingerprint density at radius 1 is 0.976 bits per heavy atom. The van der Waals surface area contributed by atoms with E-state index in [-0.39, 0.29) is 0 Å². The van der Waals surface area contributed by atoms with Crippen LogP contribution < -0.4 is 5.49 Å². The average molecular weight is 537 g/mol. The Hall–Kier alpha value is -5.29. The van der Waals surface area contributed by atoms with Crippen LogP contribution in [0.1, 0.15) is 16.7 Å². The Morgan fingerprint density at radius 2 is 1.66 bits per heavy atom. The molecule has 0 fully saturated rings. The van der Waals surface area contributed by atoms with Crippen molar-refractivity contribution in [2.75, 3.05) is 0 Å². The van der Waals surface area contributed by atoms with Gasteiger partial charge >= 0.3 is 0 Å². The number of pyridine rings is 1. The normalized spacial score (nSPS) is 15.1. The average Bonchev–Trinajstić information content (AvgIpc) is 2.99. The molecular weight excluding hydrogens is 504 g/mol. The molecular formula is C36H32N4O. The molecule has 5 rings (SSSR count). The fraction of sp³-hybridized carbons (Fsp3) is 0.0833. The number of fused-ring (bicyclic) bond motifs is 1. The van der Waals surface area contributed by atoms with Gasteiger partial charge in [-0.2, -0.15) is 0 Å². The van der Waals surface area contributed by atoms with Crippen LogP contribution in [0.3, 0.4) is 0 Å². The van der Waals surface area contributed by atoms with E-state index in [1.807, 2.05) is 41.2 Å². The lowest BCUT2D eigenvalue weighted by Crippen LogP contribution is -2.28. The van der Waals surface area contributed by atoms with Gasteiger partial charge in [-0.25, -0.2) is 9.98 Å². The maximum atomic E-state index is 11.2. The van der Waals surface area contributed by atoms with Crippen molar-refractivity contribution in [2.45, 2.75) is 13.8 Å². The minimum absolute atomic E-state index is 0.429. The van der Waals surface area contributed by atoms with E-state index >= 15 is 0 Å². The summed E-state index contributed by atoms with van der Waals surface area (Å²) in [4.78, 5) is 22.3. The van der Waals surface area contributed by atoms with E-state index in [4.69, 9.17) is 0 Å². The second-order valence-corrected chi connectivity index (χ2v) is 9.93. The van der Waals surface area contributed by atoms with E-state index in [9.17, 15) is 4.79 Å². The van der Waals surface area contributed by atoms with Gasteiger partial charge in [0, 0.05) is 48.7 Å². The number of hydrogen-bond donors (Lipinski definition) is 0. The SMILES string of the molecule is C=CC1=CN=C2C=C(c3cccc(-c4cccc(-c5ccn(C)c(=N/C=C(/C=C)C=O)c5)c4C)c3C)C=CN2C1=C. The van der Waals surface area contributed by atoms with Gasteiger partial charge in [0.05, 0.1) is 0 Å². The zero-order valence-electron chi connectivity index (χ0n) is 23.6. The molecule has 2 aromatic carbocycles. The van der Waals surface area contributed by atoms with E-state index < -0.39 is 0 Å². The molecule has 3 heterocycles. The van der Waals surface area contributed by atoms with Gasteiger partial charge in [0.25, 0.3) is 0 Å². The number of aryl methyl sites for hydroxylation is 1. The first kappa shape index (κ1) is 27.3. The van der Waals surface area contributed by atoms with Crippen LogP contribution in [0.15, 0.2) is 144 Å². The second kappa shape index (κ2) is 11.4. The lowest BCUT2D eigenvalue weighted by molar-refractivity contribution is -0.104. The van der Waals surface area contributed by atoms with Crippen LogP contribution >= 0.6 is 0 Å². The Labute approximate surface area is 241 Å². The number of aromatic nitrogens is 1. The van der Waals surface area contributed by atoms with E-state index in [0.717, 1.165) is 51.1 Å². The Balaban J connectivity index is 1.56. The van der Waals surface area contributed by atoms with Crippen molar-refractivity contribution in [3.05, 3.63) is 156 Å². The third-order valence-electron chi connectivity index (χ3n) is 7.54. The molecule has 5 nitrogen and oxygen atoms in total. The monoisotopic (exact) mass is 536 g/mol. The van der Waals surface area contributed by atoms with Crippen LogP contribution in [0.4, 0.5) is 0 Å². The summed E-state index contributed by atoms with van der Waals surface area (Å²) in [5.41, 5.74) is 12.1. The summed E-state index contributed by atoms with van der Waals surface area (Å²) >= 11 is 0. The molecule has 0 amide bonds. The molecule has 5 heteroatoms. The van der Waals surface area contributed by atoms with Crippen molar-refractivity contribution >= 4 is 17.7 Å². The lowest BCUT2D eigenvalue weighted by Gasteiger charge is -2.29. The Morgan fingerprint density at radius 3 is 2.34 bits per heavy atom. The smallest absolute Gasteiger partial charge is 0.151 e. The van der Waals surface area contributed by atoms with Gasteiger partial charge in [0.2, 0.25) is 0 Å². The zero-order chi connectivity index (χ0) is 29.1. The summed E-state index contributed by atoms with van der Waals surface area (Å²) in [6.07, 6.45) is 15.6. The highest BCUT2D eigenvalue weighted by atomic mass is 16.1. The number of amidine groups is 1. The van der Waals surface area contributed by atoms with Crippen LogP contribution in [0, 0.1) is 13.8 Å². The van der Waals surface area contributed by atoms with Gasteiger partial charge in [0.15, 0.2) is 6.29 Å². The number of aldehydes is 1. The fourth-order valence-corrected chi connectivity index (χ4v) is 5.11. The number of benzene rings is 2. The predicted octanol–water partition coefficient (Wildman–Crippen LogP) is 7.35. The van der Waals surface area contributed by atoms with E-state index in [1.54, 1.807) is 6.08 Å². The molecule has 0 N–H and O–H groups in total. The maximum absolute atomic E-state index is 11.2. The first-order valence-electron chi connectivity index (χ1n) is 13.3. The van der Waals surface area contributed by atoms with Crippen molar-refractivity contribution in [1.82, 2.24) is 9.47 Å². The van der Waals surface area contributed by atoms with Crippen molar-refractivity contribution in [3.8, 4) is 22.3 Å². The van der Waals surface area contributed by atoms with Crippen molar-refractivity contribution in [3.63, 3.8) is 0 Å². The zero-order valence-corrected chi connectivity index (χ0v) is 23.6. The maximum Gasteiger partial charge on any atom is 0.151 e. The first-order chi connectivity index (χ1) is 19.9. The number of allylic oxidation sites excluding steroid dienone is 5. The molecule has 202 valence electrons. The van der Waals surface area contributed by atoms with Gasteiger partial charge < -0.3 is 9.47 Å². The number of carbonyl (C=O) groups is 1. The predicted molar refractivity (Wildman–Crippen MR) is 169 cm³/mol. The fourth-order valence-electron chi connectivity index (χ4n) is 5.11. The minimum Gasteiger partial charge on any atom is -0.336 e. The first-order valence-corrected chi connectivity index (χ1v) is 13.3. The van der Waals surface area contributed by atoms with Gasteiger partial charge in [0.1, 0.15) is 11.3 Å². The standard InChI is InChI=1S/C36H32N4O/c1-7-27(23-41)21-37-35-19-29(15-17-39(35)6)31-11-9-13-33(24(31)3)34-14-10-12-32(25(34)4)30-16-18-40-26(5)28(8-2)22-38-36(40)20-30/h7-23H,1-2,5H2,3-4,6H3/b27-21-,37-35?. The molecule has 0 radical (unpaired) electrons. The molecule has 0 spiro atoms. The van der Waals surface area contributed by atoms with Gasteiger partial charge in [-0.1, -0.05) is 68.3 Å². The summed E-state index contributed by atoms with van der Waals surface area (Å²) in [5, 5.41) is 0. The highest BCUT2D eigenvalue weighted by Crippen LogP contribution is 2.37. The summed E-state index contributed by atoms with van der Waals surface area (Å²) < 4.78 is 1.92. The summed E-state index contributed by atoms with van der Waals surface area (Å²) in [5.74, 6) is 0.836. The molecule has 0 aliphatic carbocycles. The van der Waals surface area contributed by atoms with E-state index in [1.165, 1.54) is 34.5 Å². The molecule has 0 bridgehead atoms. The van der Waals surface area contributed by atoms with E-state index in [2.05, 4.69) is 98.2 Å². The number of nitrogens with zero attached hydrogens (tertiary/aromatic N) is 4. The van der Waals surface area contributed by atoms with Gasteiger partial charge in [-0.15, -0.1) is 0 Å². The molecule has 0 saturated heterocycles. The minimum atomic E-state index is 0.429. The Kier molecular flexibility index (Phi) is 7.61. The van der Waals surface area contributed by atoms with Gasteiger partial charge in [-0.3, -0.25) is 4.79 Å². The molecule has 0 unspecified atom stereocenters. The molecule has 0 saturated carbocycles. The second-order valence-electron chi connectivity index (χ2n) is 9.93. The van der Waals surface area contributed by atoms with Crippen molar-refractivity contribution in [1.29, 1.82) is 0 Å². The number of rotatable bonds is 7. The van der Waals surface area contributed by atoms with Crippen LogP contribution in [-0.4, -0.2) is 21.6 Å². The highest BCUT2D eigenvalue weighted by Gasteiger charge is 2.21. The van der Waals surface area contributed by atoms with Crippen LogP contribution in [0.5, 0.6) is 0 Å². The van der Waals surface area contributed by atoms with Crippen molar-refractivity contribution < 1.29 is 4.79 Å². The molecule has 1 aromatic heterocycles. The largest absolute Gasteiger partial charge is 0.336 e. The number of carbonyl (C=O) groups excluding carboxylic acids is 1. The quantitative estimate of drug-likeness (QED) is 0.180. The van der Waals surface area contributed by atoms with E-state index in [0.29, 0.717) is 5.57 Å². The third kappa shape index (κ3) is 5.18. The highest BCUT2D eigenvalue weighted by molar-refractivity contribution is 6.06. The number of aliphatic imine (C=N–C) groups is 1. The van der Waals surface area contributed by atoms with Crippen LogP contribution in [0.25, 0.3) is 27.8 Å². The van der Waals surface area contributed by atoms with Crippen molar-refractivity contribution in [2.24, 2.45) is 17.0 Å². The lowest BCUT2D eigenvalue weighted by atomic mass is 9.87. The van der Waals surface area contributed by atoms with Gasteiger partial charge in [-0.05, 0) is 82.6 Å². The summed E-state index contributed by atoms with van der Waals surface area (Å²) in [6.45, 7) is 16.0. The molecule has 2 aliphatic rings. The van der Waals surface area contributed by atoms with Crippen LogP contribution in [-0.2, 0) is 11.8 Å². The number of hydrogen-bond acceptors (Lipinski definition) is 4. The summed E-state index contributed by atoms with van der Waals surface area (Å²) in [6, 6.07) is 17.0. The van der Waals surface area contributed by atoms with Crippen LogP contribution in [0.2, 0.25) is 0 Å². The third-order valence-corrected chi connectivity index (χ3v) is 7.54. The molecule has 41 heavy (non-hydrogen) atoms. The molecule has 2 aliphatic heterocycles. The molecule has 3 aromatic rings. The summed E-state index contributed by atoms with van der Waals surface area (Å²) in [7, 11) is 1.93. The molecule has 0 atom stereocenters. The Bertz CT molecular complexity index is 1830. The topological polar surface area (TPSA) is 50.0 Å².